The molecule has 164 valence electrons. The minimum atomic E-state index is -0.634. The van der Waals surface area contributed by atoms with Crippen molar-refractivity contribution in [3.8, 4) is 34.5 Å². The lowest BCUT2D eigenvalue weighted by atomic mass is 10.1. The van der Waals surface area contributed by atoms with E-state index in [9.17, 15) is 10.2 Å². The second kappa shape index (κ2) is 11.2. The first-order chi connectivity index (χ1) is 14.5. The monoisotopic (exact) mass is 420 g/mol. The first-order valence-electron chi connectivity index (χ1n) is 9.26. The van der Waals surface area contributed by atoms with Gasteiger partial charge in [0.25, 0.3) is 0 Å². The van der Waals surface area contributed by atoms with Crippen molar-refractivity contribution < 1.29 is 39.0 Å². The first-order valence-corrected chi connectivity index (χ1v) is 9.26. The molecule has 0 aliphatic heterocycles. The summed E-state index contributed by atoms with van der Waals surface area (Å²) in [6.45, 7) is -0.362. The number of hydrogen-bond acceptors (Lipinski definition) is 8. The van der Waals surface area contributed by atoms with Crippen LogP contribution in [-0.2, 0) is 6.42 Å². The predicted octanol–water partition coefficient (Wildman–Crippen LogP) is 2.41. The topological polar surface area (TPSA) is 107 Å². The number of aliphatic hydroxyl groups excluding tert-OH is 2. The molecule has 2 aromatic carbocycles. The van der Waals surface area contributed by atoms with Crippen molar-refractivity contribution in [1.82, 2.24) is 0 Å². The molecule has 0 bridgehead atoms. The summed E-state index contributed by atoms with van der Waals surface area (Å²) < 4.78 is 27.3. The van der Waals surface area contributed by atoms with Gasteiger partial charge in [-0.15, -0.1) is 0 Å². The first kappa shape index (κ1) is 23.2. The number of phenols is 1. The highest BCUT2D eigenvalue weighted by molar-refractivity contribution is 5.62. The summed E-state index contributed by atoms with van der Waals surface area (Å²) in [5.74, 6) is 1.61. The predicted molar refractivity (Wildman–Crippen MR) is 112 cm³/mol. The lowest BCUT2D eigenvalue weighted by molar-refractivity contribution is 0.109. The highest BCUT2D eigenvalue weighted by atomic mass is 16.5. The molecule has 2 aromatic rings. The molecule has 0 aliphatic rings. The molecular formula is C22H28O8. The molecule has 0 saturated heterocycles. The molecule has 8 nitrogen and oxygen atoms in total. The molecule has 30 heavy (non-hydrogen) atoms. The van der Waals surface area contributed by atoms with E-state index in [-0.39, 0.29) is 30.5 Å². The van der Waals surface area contributed by atoms with E-state index in [1.807, 2.05) is 0 Å². The van der Waals surface area contributed by atoms with Crippen molar-refractivity contribution >= 4 is 6.08 Å². The molecule has 0 spiro atoms. The van der Waals surface area contributed by atoms with Crippen LogP contribution in [0.2, 0.25) is 0 Å². The molecule has 0 radical (unpaired) electrons. The van der Waals surface area contributed by atoms with Crippen LogP contribution in [0.1, 0.15) is 11.1 Å². The van der Waals surface area contributed by atoms with Gasteiger partial charge in [-0.1, -0.05) is 12.2 Å². The molecule has 2 rings (SSSR count). The van der Waals surface area contributed by atoms with Gasteiger partial charge in [-0.2, -0.15) is 0 Å². The van der Waals surface area contributed by atoms with Crippen LogP contribution in [0.5, 0.6) is 34.5 Å². The van der Waals surface area contributed by atoms with Crippen molar-refractivity contribution in [2.75, 3.05) is 41.7 Å². The Morgan fingerprint density at radius 2 is 1.37 bits per heavy atom. The number of aliphatic hydroxyl groups is 2. The fourth-order valence-corrected chi connectivity index (χ4v) is 2.94. The molecule has 1 atom stereocenters. The highest BCUT2D eigenvalue weighted by Crippen LogP contribution is 2.41. The maximum absolute atomic E-state index is 10.1. The van der Waals surface area contributed by atoms with Gasteiger partial charge in [0.05, 0.1) is 41.7 Å². The summed E-state index contributed by atoms with van der Waals surface area (Å²) in [5, 5.41) is 29.0. The average molecular weight is 420 g/mol. The Labute approximate surface area is 175 Å². The van der Waals surface area contributed by atoms with Gasteiger partial charge < -0.3 is 39.0 Å². The molecule has 0 heterocycles. The maximum Gasteiger partial charge on any atom is 0.203 e. The molecule has 8 heteroatoms. The van der Waals surface area contributed by atoms with Gasteiger partial charge in [0.1, 0.15) is 6.10 Å². The maximum atomic E-state index is 10.1. The summed E-state index contributed by atoms with van der Waals surface area (Å²) in [4.78, 5) is 0. The van der Waals surface area contributed by atoms with Gasteiger partial charge in [-0.25, -0.2) is 0 Å². The lowest BCUT2D eigenvalue weighted by Crippen LogP contribution is -2.24. The zero-order chi connectivity index (χ0) is 22.1. The molecule has 1 unspecified atom stereocenters. The number of ether oxygens (including phenoxy) is 5. The van der Waals surface area contributed by atoms with E-state index in [1.54, 1.807) is 36.4 Å². The van der Waals surface area contributed by atoms with Gasteiger partial charge in [-0.3, -0.25) is 0 Å². The standard InChI is InChI=1S/C22H28O8/c1-26-17-11-15(12-18(27-2)21(17)25)8-16(13-24)30-22-19(28-3)9-14(6-5-7-23)10-20(22)29-4/h5-6,9-12,16,23-25H,7-8,13H2,1-4H3. The van der Waals surface area contributed by atoms with Crippen LogP contribution in [0.25, 0.3) is 6.08 Å². The van der Waals surface area contributed by atoms with Crippen LogP contribution in [0.15, 0.2) is 30.3 Å². The Bertz CT molecular complexity index is 812. The van der Waals surface area contributed by atoms with E-state index >= 15 is 0 Å². The Morgan fingerprint density at radius 3 is 1.80 bits per heavy atom. The van der Waals surface area contributed by atoms with Gasteiger partial charge in [-0.05, 0) is 35.4 Å². The van der Waals surface area contributed by atoms with Crippen LogP contribution >= 0.6 is 0 Å². The molecule has 0 aliphatic carbocycles. The molecule has 0 amide bonds. The molecule has 0 aromatic heterocycles. The van der Waals surface area contributed by atoms with Gasteiger partial charge in [0, 0.05) is 6.42 Å². The number of hydrogen-bond donors (Lipinski definition) is 3. The SMILES string of the molecule is COc1cc(CC(CO)Oc2c(OC)cc(C=CCO)cc2OC)cc(OC)c1O. The van der Waals surface area contributed by atoms with E-state index in [2.05, 4.69) is 0 Å². The number of phenolic OH excluding ortho intramolecular Hbond substituents is 1. The fraction of sp³-hybridized carbons (Fsp3) is 0.364. The molecule has 0 fully saturated rings. The third-order valence-corrected chi connectivity index (χ3v) is 4.39. The van der Waals surface area contributed by atoms with Crippen molar-refractivity contribution in [3.63, 3.8) is 0 Å². The second-order valence-corrected chi connectivity index (χ2v) is 6.31. The molecule has 3 N–H and O–H groups in total. The zero-order valence-electron chi connectivity index (χ0n) is 17.5. The summed E-state index contributed by atoms with van der Waals surface area (Å²) in [5.41, 5.74) is 1.50. The summed E-state index contributed by atoms with van der Waals surface area (Å²) >= 11 is 0. The van der Waals surface area contributed by atoms with Gasteiger partial charge in [0.15, 0.2) is 23.0 Å². The van der Waals surface area contributed by atoms with Gasteiger partial charge in [0.2, 0.25) is 11.5 Å². The lowest BCUT2D eigenvalue weighted by Gasteiger charge is -2.22. The van der Waals surface area contributed by atoms with E-state index in [1.165, 1.54) is 28.4 Å². The van der Waals surface area contributed by atoms with Crippen LogP contribution in [0, 0.1) is 0 Å². The van der Waals surface area contributed by atoms with Crippen molar-refractivity contribution in [2.45, 2.75) is 12.5 Å². The van der Waals surface area contributed by atoms with E-state index in [4.69, 9.17) is 28.8 Å². The summed E-state index contributed by atoms with van der Waals surface area (Å²) in [7, 11) is 5.90. The Balaban J connectivity index is 2.34. The normalized spacial score (nSPS) is 11.9. The molecular weight excluding hydrogens is 392 g/mol. The largest absolute Gasteiger partial charge is 0.502 e. The Kier molecular flexibility index (Phi) is 8.64. The third-order valence-electron chi connectivity index (χ3n) is 4.39. The van der Waals surface area contributed by atoms with E-state index in [0.717, 1.165) is 11.1 Å². The van der Waals surface area contributed by atoms with Gasteiger partial charge >= 0.3 is 0 Å². The number of methoxy groups -OCH3 is 4. The zero-order valence-corrected chi connectivity index (χ0v) is 17.5. The Hall–Kier alpha value is -3.10. The van der Waals surface area contributed by atoms with Crippen molar-refractivity contribution in [1.29, 1.82) is 0 Å². The second-order valence-electron chi connectivity index (χ2n) is 6.31. The quantitative estimate of drug-likeness (QED) is 0.509. The summed E-state index contributed by atoms with van der Waals surface area (Å²) in [6, 6.07) is 6.79. The van der Waals surface area contributed by atoms with Crippen LogP contribution in [0.4, 0.5) is 0 Å². The average Bonchev–Trinajstić information content (AvgIpc) is 2.78. The van der Waals surface area contributed by atoms with Crippen molar-refractivity contribution in [3.05, 3.63) is 41.5 Å². The number of rotatable bonds is 11. The highest BCUT2D eigenvalue weighted by Gasteiger charge is 2.20. The summed E-state index contributed by atoms with van der Waals surface area (Å²) in [6.07, 6.45) is 3.00. The van der Waals surface area contributed by atoms with E-state index in [0.29, 0.717) is 23.7 Å². The molecule has 0 saturated carbocycles. The van der Waals surface area contributed by atoms with E-state index < -0.39 is 6.10 Å². The van der Waals surface area contributed by atoms with Crippen molar-refractivity contribution in [2.24, 2.45) is 0 Å². The third kappa shape index (κ3) is 5.49. The fourth-order valence-electron chi connectivity index (χ4n) is 2.94. The minimum Gasteiger partial charge on any atom is -0.502 e. The van der Waals surface area contributed by atoms with Crippen LogP contribution in [0.3, 0.4) is 0 Å². The smallest absolute Gasteiger partial charge is 0.203 e. The minimum absolute atomic E-state index is 0.0883. The van der Waals surface area contributed by atoms with Crippen LogP contribution < -0.4 is 23.7 Å². The number of benzene rings is 2. The Morgan fingerprint density at radius 1 is 0.833 bits per heavy atom. The number of aromatic hydroxyl groups is 1. The van der Waals surface area contributed by atoms with Crippen LogP contribution in [-0.4, -0.2) is 63.1 Å².